The van der Waals surface area contributed by atoms with E-state index >= 15 is 0 Å². The van der Waals surface area contributed by atoms with Crippen LogP contribution in [0, 0.1) is 0 Å². The van der Waals surface area contributed by atoms with Gasteiger partial charge >= 0.3 is 0 Å². The lowest BCUT2D eigenvalue weighted by molar-refractivity contribution is 1.20. The molecule has 0 aliphatic carbocycles. The molecule has 68 valence electrons. The van der Waals surface area contributed by atoms with Crippen molar-refractivity contribution >= 4 is 38.2 Å². The van der Waals surface area contributed by atoms with E-state index in [1.54, 1.807) is 0 Å². The Morgan fingerprint density at radius 2 is 2.00 bits per heavy atom. The van der Waals surface area contributed by atoms with E-state index in [2.05, 4.69) is 9.59 Å². The topological polar surface area (TPSA) is 51.8 Å². The van der Waals surface area contributed by atoms with Crippen molar-refractivity contribution in [3.05, 3.63) is 30.3 Å². The van der Waals surface area contributed by atoms with Crippen LogP contribution in [0.2, 0.25) is 0 Å². The SMILES string of the molecule is Nc1cccc2c1ccc1snnc12. The summed E-state index contributed by atoms with van der Waals surface area (Å²) < 4.78 is 5.03. The fourth-order valence-electron chi connectivity index (χ4n) is 1.63. The predicted octanol–water partition coefficient (Wildman–Crippen LogP) is 2.43. The van der Waals surface area contributed by atoms with Gasteiger partial charge in [-0.2, -0.15) is 0 Å². The first-order chi connectivity index (χ1) is 6.86. The quantitative estimate of drug-likeness (QED) is 0.568. The first-order valence-corrected chi connectivity index (χ1v) is 5.03. The molecule has 0 amide bonds. The van der Waals surface area contributed by atoms with Gasteiger partial charge in [0.2, 0.25) is 0 Å². The molecule has 0 bridgehead atoms. The zero-order valence-electron chi connectivity index (χ0n) is 7.27. The Hall–Kier alpha value is -1.68. The fraction of sp³-hybridized carbons (Fsp3) is 0. The van der Waals surface area contributed by atoms with E-state index < -0.39 is 0 Å². The lowest BCUT2D eigenvalue weighted by atomic mass is 10.1. The average Bonchev–Trinajstić information content (AvgIpc) is 2.66. The van der Waals surface area contributed by atoms with Crippen molar-refractivity contribution in [3.63, 3.8) is 0 Å². The van der Waals surface area contributed by atoms with E-state index in [1.807, 2.05) is 30.3 Å². The fourth-order valence-corrected chi connectivity index (χ4v) is 2.20. The molecule has 0 aliphatic rings. The number of nitrogens with zero attached hydrogens (tertiary/aromatic N) is 2. The van der Waals surface area contributed by atoms with Crippen molar-refractivity contribution in [1.29, 1.82) is 0 Å². The van der Waals surface area contributed by atoms with Crippen LogP contribution in [0.25, 0.3) is 21.0 Å². The molecule has 0 spiro atoms. The predicted molar refractivity (Wildman–Crippen MR) is 59.3 cm³/mol. The van der Waals surface area contributed by atoms with Gasteiger partial charge in [0.1, 0.15) is 5.52 Å². The van der Waals surface area contributed by atoms with Gasteiger partial charge in [0.15, 0.2) is 0 Å². The zero-order chi connectivity index (χ0) is 9.54. The number of rotatable bonds is 0. The van der Waals surface area contributed by atoms with Crippen LogP contribution in [0.1, 0.15) is 0 Å². The average molecular weight is 201 g/mol. The van der Waals surface area contributed by atoms with E-state index in [4.69, 9.17) is 5.73 Å². The molecule has 0 radical (unpaired) electrons. The van der Waals surface area contributed by atoms with Crippen LogP contribution in [-0.4, -0.2) is 9.59 Å². The van der Waals surface area contributed by atoms with Crippen LogP contribution >= 0.6 is 11.5 Å². The van der Waals surface area contributed by atoms with Gasteiger partial charge in [-0.25, -0.2) is 0 Å². The van der Waals surface area contributed by atoms with Gasteiger partial charge in [0.05, 0.1) is 4.70 Å². The Kier molecular flexibility index (Phi) is 1.46. The Bertz CT molecular complexity index is 615. The maximum absolute atomic E-state index is 5.87. The lowest BCUT2D eigenvalue weighted by Crippen LogP contribution is -1.86. The van der Waals surface area contributed by atoms with Crippen LogP contribution in [0.15, 0.2) is 30.3 Å². The summed E-state index contributed by atoms with van der Waals surface area (Å²) in [5.74, 6) is 0. The lowest BCUT2D eigenvalue weighted by Gasteiger charge is -2.00. The third-order valence-corrected chi connectivity index (χ3v) is 3.00. The standard InChI is InChI=1S/C10H7N3S/c11-8-3-1-2-7-6(8)4-5-9-10(7)12-13-14-9/h1-5H,11H2. The highest BCUT2D eigenvalue weighted by molar-refractivity contribution is 7.13. The normalized spacial score (nSPS) is 11.1. The summed E-state index contributed by atoms with van der Waals surface area (Å²) in [5, 5.41) is 6.23. The van der Waals surface area contributed by atoms with Gasteiger partial charge in [-0.1, -0.05) is 22.7 Å². The van der Waals surface area contributed by atoms with E-state index in [-0.39, 0.29) is 0 Å². The summed E-state index contributed by atoms with van der Waals surface area (Å²) in [4.78, 5) is 0. The van der Waals surface area contributed by atoms with Crippen molar-refractivity contribution in [2.24, 2.45) is 0 Å². The first-order valence-electron chi connectivity index (χ1n) is 4.25. The number of aromatic nitrogens is 2. The minimum atomic E-state index is 0.789. The second-order valence-corrected chi connectivity index (χ2v) is 3.91. The van der Waals surface area contributed by atoms with Crippen molar-refractivity contribution < 1.29 is 0 Å². The highest BCUT2D eigenvalue weighted by Crippen LogP contribution is 2.28. The van der Waals surface area contributed by atoms with Crippen molar-refractivity contribution in [1.82, 2.24) is 9.59 Å². The molecule has 0 aliphatic heterocycles. The summed E-state index contributed by atoms with van der Waals surface area (Å²) in [5.41, 5.74) is 7.60. The molecule has 0 saturated carbocycles. The maximum atomic E-state index is 5.87. The second-order valence-electron chi connectivity index (χ2n) is 3.13. The Morgan fingerprint density at radius 1 is 1.07 bits per heavy atom. The van der Waals surface area contributed by atoms with Crippen molar-refractivity contribution in [2.45, 2.75) is 0 Å². The highest BCUT2D eigenvalue weighted by Gasteiger charge is 2.04. The Labute approximate surface area is 84.3 Å². The molecule has 14 heavy (non-hydrogen) atoms. The molecule has 0 saturated heterocycles. The maximum Gasteiger partial charge on any atom is 0.113 e. The van der Waals surface area contributed by atoms with Crippen LogP contribution in [0.4, 0.5) is 5.69 Å². The van der Waals surface area contributed by atoms with Crippen molar-refractivity contribution in [2.75, 3.05) is 5.73 Å². The Morgan fingerprint density at radius 3 is 2.93 bits per heavy atom. The van der Waals surface area contributed by atoms with Gasteiger partial charge in [-0.05, 0) is 23.7 Å². The molecule has 0 fully saturated rings. The van der Waals surface area contributed by atoms with Crippen LogP contribution in [0.5, 0.6) is 0 Å². The molecule has 0 atom stereocenters. The second kappa shape index (κ2) is 2.65. The van der Waals surface area contributed by atoms with Crippen LogP contribution in [-0.2, 0) is 0 Å². The summed E-state index contributed by atoms with van der Waals surface area (Å²) >= 11 is 1.41. The third kappa shape index (κ3) is 0.914. The first kappa shape index (κ1) is 7.70. The molecule has 4 heteroatoms. The molecule has 3 aromatic rings. The van der Waals surface area contributed by atoms with Crippen LogP contribution in [0.3, 0.4) is 0 Å². The number of fused-ring (bicyclic) bond motifs is 3. The van der Waals surface area contributed by atoms with E-state index in [0.717, 1.165) is 26.7 Å². The van der Waals surface area contributed by atoms with Gasteiger partial charge in [0, 0.05) is 16.5 Å². The summed E-state index contributed by atoms with van der Waals surface area (Å²) in [6.07, 6.45) is 0. The summed E-state index contributed by atoms with van der Waals surface area (Å²) in [6, 6.07) is 9.89. The number of benzene rings is 2. The highest BCUT2D eigenvalue weighted by atomic mass is 32.1. The molecule has 2 N–H and O–H groups in total. The third-order valence-electron chi connectivity index (χ3n) is 2.31. The molecule has 0 unspecified atom stereocenters. The molecule has 2 aromatic carbocycles. The monoisotopic (exact) mass is 201 g/mol. The number of hydrogen-bond acceptors (Lipinski definition) is 4. The molecule has 3 nitrogen and oxygen atoms in total. The van der Waals surface area contributed by atoms with Crippen LogP contribution < -0.4 is 5.73 Å². The van der Waals surface area contributed by atoms with E-state index in [1.165, 1.54) is 11.5 Å². The summed E-state index contributed by atoms with van der Waals surface area (Å²) in [6.45, 7) is 0. The number of nitrogen functional groups attached to an aromatic ring is 1. The number of nitrogens with two attached hydrogens (primary N) is 1. The van der Waals surface area contributed by atoms with Crippen molar-refractivity contribution in [3.8, 4) is 0 Å². The largest absolute Gasteiger partial charge is 0.398 e. The molecule has 1 aromatic heterocycles. The van der Waals surface area contributed by atoms with Gasteiger partial charge < -0.3 is 5.73 Å². The Balaban J connectivity index is 2.64. The minimum Gasteiger partial charge on any atom is -0.398 e. The molecule has 3 rings (SSSR count). The number of anilines is 1. The molecular formula is C10H7N3S. The number of hydrogen-bond donors (Lipinski definition) is 1. The summed E-state index contributed by atoms with van der Waals surface area (Å²) in [7, 11) is 0. The van der Waals surface area contributed by atoms with Gasteiger partial charge in [-0.3, -0.25) is 0 Å². The molecule has 1 heterocycles. The minimum absolute atomic E-state index is 0.789. The smallest absolute Gasteiger partial charge is 0.113 e. The van der Waals surface area contributed by atoms with Gasteiger partial charge in [-0.15, -0.1) is 5.10 Å². The molecular weight excluding hydrogens is 194 g/mol. The van der Waals surface area contributed by atoms with E-state index in [9.17, 15) is 0 Å². The van der Waals surface area contributed by atoms with E-state index in [0.29, 0.717) is 0 Å². The zero-order valence-corrected chi connectivity index (χ0v) is 8.08. The van der Waals surface area contributed by atoms with Gasteiger partial charge in [0.25, 0.3) is 0 Å².